The lowest BCUT2D eigenvalue weighted by atomic mass is 10.5. The summed E-state index contributed by atoms with van der Waals surface area (Å²) in [7, 11) is 0. The van der Waals surface area contributed by atoms with Crippen LogP contribution in [-0.2, 0) is 4.74 Å². The number of aromatic nitrogens is 2. The van der Waals surface area contributed by atoms with Crippen LogP contribution in [0, 0.1) is 0 Å². The standard InChI is InChI=1S/C8H14BrN5O2/c9-6-7(11-1-3-16-4-2-15)12-5-13-8(6)14-10/h5,15H,1-4,10H2,(H2,11,12,13,14). The third kappa shape index (κ3) is 3.89. The Labute approximate surface area is 102 Å². The van der Waals surface area contributed by atoms with Gasteiger partial charge in [0.15, 0.2) is 5.82 Å². The number of nitrogens with zero attached hydrogens (tertiary/aromatic N) is 2. The summed E-state index contributed by atoms with van der Waals surface area (Å²) in [6.07, 6.45) is 1.40. The first-order chi connectivity index (χ1) is 7.79. The highest BCUT2D eigenvalue weighted by atomic mass is 79.9. The molecule has 16 heavy (non-hydrogen) atoms. The molecular weight excluding hydrogens is 278 g/mol. The molecule has 0 aromatic carbocycles. The zero-order chi connectivity index (χ0) is 11.8. The summed E-state index contributed by atoms with van der Waals surface area (Å²) < 4.78 is 5.76. The molecule has 0 saturated carbocycles. The van der Waals surface area contributed by atoms with E-state index in [-0.39, 0.29) is 6.61 Å². The fraction of sp³-hybridized carbons (Fsp3) is 0.500. The predicted molar refractivity (Wildman–Crippen MR) is 63.9 cm³/mol. The number of aliphatic hydroxyl groups excluding tert-OH is 1. The quantitative estimate of drug-likeness (QED) is 0.317. The van der Waals surface area contributed by atoms with E-state index in [4.69, 9.17) is 15.7 Å². The van der Waals surface area contributed by atoms with Gasteiger partial charge in [0.25, 0.3) is 0 Å². The van der Waals surface area contributed by atoms with E-state index < -0.39 is 0 Å². The molecule has 0 bridgehead atoms. The maximum Gasteiger partial charge on any atom is 0.159 e. The maximum atomic E-state index is 8.50. The third-order valence-corrected chi connectivity index (χ3v) is 2.45. The van der Waals surface area contributed by atoms with Crippen molar-refractivity contribution >= 4 is 27.6 Å². The molecule has 0 fully saturated rings. The highest BCUT2D eigenvalue weighted by molar-refractivity contribution is 9.10. The smallest absolute Gasteiger partial charge is 0.159 e. The van der Waals surface area contributed by atoms with Crippen LogP contribution in [-0.4, -0.2) is 41.4 Å². The van der Waals surface area contributed by atoms with Crippen LogP contribution in [0.15, 0.2) is 10.8 Å². The van der Waals surface area contributed by atoms with Gasteiger partial charge < -0.3 is 20.6 Å². The largest absolute Gasteiger partial charge is 0.394 e. The van der Waals surface area contributed by atoms with E-state index >= 15 is 0 Å². The number of rotatable bonds is 7. The van der Waals surface area contributed by atoms with Gasteiger partial charge in [0.1, 0.15) is 16.6 Å². The number of nitrogens with one attached hydrogen (secondary N) is 2. The van der Waals surface area contributed by atoms with Crippen molar-refractivity contribution in [2.24, 2.45) is 5.84 Å². The summed E-state index contributed by atoms with van der Waals surface area (Å²) in [6.45, 7) is 1.43. The van der Waals surface area contributed by atoms with Gasteiger partial charge in [0.2, 0.25) is 0 Å². The van der Waals surface area contributed by atoms with Gasteiger partial charge in [-0.05, 0) is 15.9 Å². The lowest BCUT2D eigenvalue weighted by Crippen LogP contribution is -2.14. The van der Waals surface area contributed by atoms with Gasteiger partial charge in [-0.1, -0.05) is 0 Å². The van der Waals surface area contributed by atoms with Crippen molar-refractivity contribution in [3.8, 4) is 0 Å². The number of hydrazine groups is 1. The molecule has 1 aromatic heterocycles. The molecule has 0 unspecified atom stereocenters. The van der Waals surface area contributed by atoms with E-state index in [9.17, 15) is 0 Å². The van der Waals surface area contributed by atoms with Gasteiger partial charge in [-0.3, -0.25) is 0 Å². The molecule has 0 aliphatic heterocycles. The van der Waals surface area contributed by atoms with E-state index in [1.54, 1.807) is 0 Å². The van der Waals surface area contributed by atoms with Crippen LogP contribution in [0.5, 0.6) is 0 Å². The molecule has 0 saturated heterocycles. The van der Waals surface area contributed by atoms with Gasteiger partial charge in [0.05, 0.1) is 19.8 Å². The Morgan fingerprint density at radius 1 is 1.38 bits per heavy atom. The average molecular weight is 292 g/mol. The summed E-state index contributed by atoms with van der Waals surface area (Å²) in [4.78, 5) is 7.95. The number of hydrogen-bond donors (Lipinski definition) is 4. The summed E-state index contributed by atoms with van der Waals surface area (Å²) in [6, 6.07) is 0. The van der Waals surface area contributed by atoms with Gasteiger partial charge in [-0.25, -0.2) is 15.8 Å². The molecular formula is C8H14BrN5O2. The Bertz CT molecular complexity index is 325. The van der Waals surface area contributed by atoms with Crippen molar-refractivity contribution in [2.45, 2.75) is 0 Å². The van der Waals surface area contributed by atoms with Crippen LogP contribution in [0.1, 0.15) is 0 Å². The molecule has 0 aliphatic rings. The van der Waals surface area contributed by atoms with Gasteiger partial charge in [-0.15, -0.1) is 0 Å². The van der Waals surface area contributed by atoms with Crippen LogP contribution in [0.25, 0.3) is 0 Å². The first kappa shape index (κ1) is 13.1. The summed E-state index contributed by atoms with van der Waals surface area (Å²) >= 11 is 3.31. The second kappa shape index (κ2) is 7.34. The number of ether oxygens (including phenoxy) is 1. The molecule has 1 aromatic rings. The maximum absolute atomic E-state index is 8.50. The van der Waals surface area contributed by atoms with E-state index in [1.165, 1.54) is 6.33 Å². The second-order valence-corrected chi connectivity index (χ2v) is 3.58. The second-order valence-electron chi connectivity index (χ2n) is 2.79. The predicted octanol–water partition coefficient (Wildman–Crippen LogP) is -0.0545. The molecule has 90 valence electrons. The van der Waals surface area contributed by atoms with Crippen LogP contribution in [0.3, 0.4) is 0 Å². The summed E-state index contributed by atoms with van der Waals surface area (Å²) in [5, 5.41) is 11.5. The van der Waals surface area contributed by atoms with Crippen molar-refractivity contribution in [3.63, 3.8) is 0 Å². The Balaban J connectivity index is 2.41. The minimum atomic E-state index is 0.0262. The molecule has 0 spiro atoms. The Morgan fingerprint density at radius 2 is 2.12 bits per heavy atom. The lowest BCUT2D eigenvalue weighted by Gasteiger charge is -2.09. The minimum absolute atomic E-state index is 0.0262. The number of halogens is 1. The normalized spacial score (nSPS) is 10.2. The van der Waals surface area contributed by atoms with E-state index in [0.717, 1.165) is 0 Å². The Hall–Kier alpha value is -0.960. The highest BCUT2D eigenvalue weighted by Crippen LogP contribution is 2.25. The van der Waals surface area contributed by atoms with Crippen molar-refractivity contribution in [2.75, 3.05) is 37.1 Å². The summed E-state index contributed by atoms with van der Waals surface area (Å²) in [5.41, 5.74) is 2.44. The van der Waals surface area contributed by atoms with Crippen molar-refractivity contribution in [3.05, 3.63) is 10.8 Å². The molecule has 0 atom stereocenters. The van der Waals surface area contributed by atoms with Gasteiger partial charge >= 0.3 is 0 Å². The highest BCUT2D eigenvalue weighted by Gasteiger charge is 2.06. The zero-order valence-corrected chi connectivity index (χ0v) is 10.2. The van der Waals surface area contributed by atoms with Crippen LogP contribution < -0.4 is 16.6 Å². The molecule has 1 heterocycles. The topological polar surface area (TPSA) is 105 Å². The SMILES string of the molecule is NNc1ncnc(NCCOCCO)c1Br. The van der Waals surface area contributed by atoms with Crippen LogP contribution >= 0.6 is 15.9 Å². The molecule has 8 heteroatoms. The Kier molecular flexibility index (Phi) is 6.01. The van der Waals surface area contributed by atoms with Gasteiger partial charge in [0, 0.05) is 6.54 Å². The monoisotopic (exact) mass is 291 g/mol. The van der Waals surface area contributed by atoms with Crippen LogP contribution in [0.2, 0.25) is 0 Å². The number of nitrogen functional groups attached to an aromatic ring is 1. The van der Waals surface area contributed by atoms with Crippen LogP contribution in [0.4, 0.5) is 11.6 Å². The fourth-order valence-corrected chi connectivity index (χ4v) is 1.46. The number of hydrogen-bond acceptors (Lipinski definition) is 7. The average Bonchev–Trinajstić information content (AvgIpc) is 2.31. The van der Waals surface area contributed by atoms with Crippen molar-refractivity contribution in [1.82, 2.24) is 9.97 Å². The molecule has 7 nitrogen and oxygen atoms in total. The lowest BCUT2D eigenvalue weighted by molar-refractivity contribution is 0.0992. The molecule has 0 aliphatic carbocycles. The summed E-state index contributed by atoms with van der Waals surface area (Å²) in [5.74, 6) is 6.41. The van der Waals surface area contributed by atoms with Gasteiger partial charge in [-0.2, -0.15) is 0 Å². The van der Waals surface area contributed by atoms with E-state index in [0.29, 0.717) is 35.9 Å². The molecule has 0 amide bonds. The van der Waals surface area contributed by atoms with E-state index in [1.807, 2.05) is 0 Å². The third-order valence-electron chi connectivity index (χ3n) is 1.70. The van der Waals surface area contributed by atoms with Crippen molar-refractivity contribution < 1.29 is 9.84 Å². The number of aliphatic hydroxyl groups is 1. The molecule has 1 rings (SSSR count). The fourth-order valence-electron chi connectivity index (χ4n) is 1.00. The first-order valence-electron chi connectivity index (χ1n) is 4.69. The minimum Gasteiger partial charge on any atom is -0.394 e. The Morgan fingerprint density at radius 3 is 2.81 bits per heavy atom. The number of nitrogens with two attached hydrogens (primary N) is 1. The van der Waals surface area contributed by atoms with Crippen molar-refractivity contribution in [1.29, 1.82) is 0 Å². The molecule has 5 N–H and O–H groups in total. The number of anilines is 2. The first-order valence-corrected chi connectivity index (χ1v) is 5.48. The zero-order valence-electron chi connectivity index (χ0n) is 8.61. The van der Waals surface area contributed by atoms with E-state index in [2.05, 4.69) is 36.6 Å². The molecule has 0 radical (unpaired) electrons.